The van der Waals surface area contributed by atoms with Crippen molar-refractivity contribution in [2.75, 3.05) is 86.8 Å². The van der Waals surface area contributed by atoms with E-state index in [9.17, 15) is 38.8 Å². The van der Waals surface area contributed by atoms with Gasteiger partial charge < -0.3 is 44.2 Å². The first kappa shape index (κ1) is 85.9. The number of piperazine rings is 2. The predicted octanol–water partition coefficient (Wildman–Crippen LogP) is 14.5. The number of nitrogens with zero attached hydrogens (tertiary/aromatic N) is 10. The van der Waals surface area contributed by atoms with Crippen LogP contribution in [0.5, 0.6) is 23.0 Å². The van der Waals surface area contributed by atoms with E-state index < -0.39 is 11.2 Å². The summed E-state index contributed by atoms with van der Waals surface area (Å²) < 4.78 is 25.8. The molecule has 2 aliphatic carbocycles. The zero-order chi connectivity index (χ0) is 81.8. The average molecular weight is 1630 g/mol. The van der Waals surface area contributed by atoms with Crippen LogP contribution in [-0.4, -0.2) is 149 Å². The highest BCUT2D eigenvalue weighted by Crippen LogP contribution is 2.62. The molecule has 0 unspecified atom stereocenters. The molecule has 24 nitrogen and oxygen atoms in total. The first-order chi connectivity index (χ1) is 55.1. The van der Waals surface area contributed by atoms with Crippen LogP contribution in [0.1, 0.15) is 139 Å². The van der Waals surface area contributed by atoms with Crippen molar-refractivity contribution < 1.29 is 42.9 Å². The number of nitriles is 2. The van der Waals surface area contributed by atoms with Crippen molar-refractivity contribution in [1.29, 1.82) is 10.5 Å². The Morgan fingerprint density at radius 2 is 1.16 bits per heavy atom. The fourth-order valence-electron chi connectivity index (χ4n) is 17.0. The van der Waals surface area contributed by atoms with Crippen LogP contribution >= 0.6 is 35.6 Å². The number of carbonyl (C=O) groups excluding carboxylic acids is 5. The minimum atomic E-state index is -0.513. The van der Waals surface area contributed by atoms with Crippen LogP contribution in [0.3, 0.4) is 0 Å². The lowest BCUT2D eigenvalue weighted by molar-refractivity contribution is -0.196. The fraction of sp³-hybridized carbons (Fsp3) is 0.393. The number of aldehydes is 1. The van der Waals surface area contributed by atoms with Crippen molar-refractivity contribution in [3.63, 3.8) is 0 Å². The molecule has 2 saturated heterocycles. The summed E-state index contributed by atoms with van der Waals surface area (Å²) in [6.07, 6.45) is 15.5. The number of ether oxygens (including phenoxy) is 4. The van der Waals surface area contributed by atoms with Gasteiger partial charge in [0.05, 0.1) is 75.6 Å². The average Bonchev–Trinajstić information content (AvgIpc) is 0.711. The highest BCUT2D eigenvalue weighted by Gasteiger charge is 2.65. The summed E-state index contributed by atoms with van der Waals surface area (Å²) in [4.78, 5) is 108. The normalized spacial score (nSPS) is 18.9. The van der Waals surface area contributed by atoms with E-state index >= 15 is 0 Å². The van der Waals surface area contributed by atoms with Gasteiger partial charge >= 0.3 is 5.69 Å². The van der Waals surface area contributed by atoms with Crippen molar-refractivity contribution in [3.05, 3.63) is 218 Å². The molecule has 3 aliphatic heterocycles. The first-order valence-corrected chi connectivity index (χ1v) is 39.8. The number of amides is 2. The van der Waals surface area contributed by atoms with Gasteiger partial charge in [0.1, 0.15) is 59.4 Å². The second kappa shape index (κ2) is 37.7. The number of aromatic amines is 1. The minimum Gasteiger partial charge on any atom is -0.494 e. The Labute approximate surface area is 691 Å². The van der Waals surface area contributed by atoms with Gasteiger partial charge in [0, 0.05) is 157 Å². The summed E-state index contributed by atoms with van der Waals surface area (Å²) in [7, 11) is 0. The van der Waals surface area contributed by atoms with E-state index in [1.807, 2.05) is 84.9 Å². The van der Waals surface area contributed by atoms with Crippen LogP contribution in [-0.2, 0) is 14.4 Å². The summed E-state index contributed by atoms with van der Waals surface area (Å²) in [5.74, 6) is 3.34. The summed E-state index contributed by atoms with van der Waals surface area (Å²) >= 11 is 12.4. The molecule has 5 aliphatic rings. The van der Waals surface area contributed by atoms with E-state index in [0.29, 0.717) is 87.0 Å². The molecule has 0 radical (unpaired) electrons. The predicted molar refractivity (Wildman–Crippen MR) is 452 cm³/mol. The molecule has 4 fully saturated rings. The summed E-state index contributed by atoms with van der Waals surface area (Å²) in [5.41, 5.74) is 3.96. The van der Waals surface area contributed by atoms with Crippen molar-refractivity contribution in [2.45, 2.75) is 125 Å². The van der Waals surface area contributed by atoms with Gasteiger partial charge in [-0.25, -0.2) is 9.78 Å². The molecule has 2 saturated carbocycles. The van der Waals surface area contributed by atoms with Crippen molar-refractivity contribution in [2.24, 2.45) is 27.6 Å². The van der Waals surface area contributed by atoms with E-state index in [1.54, 1.807) is 55.0 Å². The number of hydrogen-bond acceptors (Lipinski definition) is 20. The number of ketones is 2. The van der Waals surface area contributed by atoms with E-state index in [-0.39, 0.29) is 88.0 Å². The molecule has 14 rings (SSSR count). The summed E-state index contributed by atoms with van der Waals surface area (Å²) in [6.45, 7) is 26.8. The van der Waals surface area contributed by atoms with Crippen LogP contribution in [0, 0.1) is 50.2 Å². The number of unbranched alkanes of at least 4 members (excludes halogenated alkanes) is 4. The number of allylic oxidation sites excluding steroid dienone is 1. The second-order valence-corrected chi connectivity index (χ2v) is 32.9. The van der Waals surface area contributed by atoms with Crippen molar-refractivity contribution >= 4 is 104 Å². The number of rotatable bonds is 26. The maximum Gasteiger partial charge on any atom is 0.332 e. The second-order valence-electron chi connectivity index (χ2n) is 32.1. The zero-order valence-corrected chi connectivity index (χ0v) is 68.9. The molecule has 5 aromatic carbocycles. The number of aromatic nitrogens is 5. The number of hydrogen-bond donors (Lipinski definition) is 3. The van der Waals surface area contributed by atoms with Gasteiger partial charge in [0.25, 0.3) is 11.5 Å². The molecule has 0 spiro atoms. The third-order valence-corrected chi connectivity index (χ3v) is 23.3. The SMILES string of the molecule is CC1(C)C(CC(=O)c2ccc(N3CCNCC3)nc2)C(C)(C)C1Oc1ccc(C#N)c(Cl)c1.CC1(C)C(NC(=O)c2ccc(N3CCN(CCCCCOc4ccc5ncc(-n6ccc(=O)[nH]c6=O)cc5c4)CC3)cc2)C(C)(C)C1Oc1ccc(C#N)c(Cl)c1.Cl.O=CCCCCOc1ccc2ncc(N3C=CC(=O)CC3=O)cc2c1. The lowest BCUT2D eigenvalue weighted by Gasteiger charge is -2.63. The molecule has 2 amide bonds. The molecule has 606 valence electrons. The minimum absolute atomic E-state index is 0. The molecule has 0 atom stereocenters. The molecule has 9 aromatic rings. The Balaban J connectivity index is 0.000000189. The number of pyridine rings is 3. The van der Waals surface area contributed by atoms with E-state index in [4.69, 9.17) is 47.4 Å². The van der Waals surface area contributed by atoms with E-state index in [0.717, 1.165) is 136 Å². The number of benzene rings is 5. The maximum atomic E-state index is 13.4. The van der Waals surface area contributed by atoms with Gasteiger partial charge in [0.2, 0.25) is 5.91 Å². The summed E-state index contributed by atoms with van der Waals surface area (Å²) in [6, 6.07) is 42.3. The molecular formula is C89H98Cl3N13O11. The first-order valence-electron chi connectivity index (χ1n) is 39.0. The monoisotopic (exact) mass is 1630 g/mol. The van der Waals surface area contributed by atoms with Gasteiger partial charge in [-0.3, -0.25) is 53.3 Å². The molecule has 3 N–H and O–H groups in total. The molecule has 7 heterocycles. The number of fused-ring (bicyclic) bond motifs is 2. The van der Waals surface area contributed by atoms with Gasteiger partial charge in [-0.2, -0.15) is 10.5 Å². The van der Waals surface area contributed by atoms with Gasteiger partial charge in [0.15, 0.2) is 11.6 Å². The maximum absolute atomic E-state index is 13.4. The largest absolute Gasteiger partial charge is 0.494 e. The third-order valence-electron chi connectivity index (χ3n) is 22.7. The Morgan fingerprint density at radius 1 is 0.595 bits per heavy atom. The lowest BCUT2D eigenvalue weighted by Crippen LogP contribution is -2.74. The van der Waals surface area contributed by atoms with E-state index in [2.05, 4.69) is 113 Å². The fourth-order valence-corrected chi connectivity index (χ4v) is 17.4. The Bertz CT molecular complexity index is 5260. The number of anilines is 3. The van der Waals surface area contributed by atoms with E-state index in [1.165, 1.54) is 34.0 Å². The molecule has 116 heavy (non-hydrogen) atoms. The van der Waals surface area contributed by atoms with Gasteiger partial charge in [-0.15, -0.1) is 12.4 Å². The quantitative estimate of drug-likeness (QED) is 0.0196. The molecule has 0 bridgehead atoms. The molecular weight excluding hydrogens is 1530 g/mol. The Hall–Kier alpha value is -11.0. The van der Waals surface area contributed by atoms with Gasteiger partial charge in [-0.05, 0) is 160 Å². The number of H-pyrrole nitrogens is 1. The van der Waals surface area contributed by atoms with Crippen LogP contribution in [0.4, 0.5) is 17.2 Å². The number of carbonyl (C=O) groups is 5. The van der Waals surface area contributed by atoms with Crippen molar-refractivity contribution in [1.82, 2.24) is 40.0 Å². The van der Waals surface area contributed by atoms with Crippen LogP contribution in [0.25, 0.3) is 27.5 Å². The Kier molecular flexibility index (Phi) is 27.9. The Morgan fingerprint density at radius 3 is 1.71 bits per heavy atom. The third kappa shape index (κ3) is 20.1. The highest BCUT2D eigenvalue weighted by atomic mass is 35.5. The molecule has 27 heteroatoms. The number of halogens is 3. The summed E-state index contributed by atoms with van der Waals surface area (Å²) in [5, 5.41) is 27.3. The smallest absolute Gasteiger partial charge is 0.332 e. The topological polar surface area (TPSA) is 300 Å². The molecule has 4 aromatic heterocycles. The number of Topliss-reactive ketones (excluding diaryl/α,β-unsaturated/α-hetero) is 1. The number of nitrogens with one attached hydrogen (secondary N) is 3. The highest BCUT2D eigenvalue weighted by molar-refractivity contribution is 6.32. The van der Waals surface area contributed by atoms with Crippen molar-refractivity contribution in [3.8, 4) is 40.8 Å². The lowest BCUT2D eigenvalue weighted by atomic mass is 9.44. The van der Waals surface area contributed by atoms with Crippen LogP contribution < -0.4 is 55.5 Å². The van der Waals surface area contributed by atoms with Crippen LogP contribution in [0.15, 0.2) is 174 Å². The standard InChI is InChI=1S/C44H48ClN7O5.C26H31ClN4O2.C19H18N2O4.ClH/c1-43(2)40(44(3,4)41(43)57-35-13-10-30(27-46)36(45)26-35)49-39(54)29-8-11-32(12-9-29)51-21-19-50(20-22-51)17-6-5-7-23-56-34-14-15-37-31(25-34)24-33(28-47-37)52-18-16-38(53)48-42(52)55;1-25(2)22(26(3,4)24(25)33-19-7-5-17(15-28)20(27)13-19)14-21(32)18-6-8-23(30-16-18)31-11-9-29-10-12-31;22-8-2-1-3-9-25-17-4-5-18-14(11-17)10-15(13-20-18)21-7-6-16(23)12-19(21)24;/h8-16,18,24-26,28,40-41H,5-7,17,19-23H2,1-4H3,(H,49,54)(H,48,53,55);5-8,13,16,22,24,29H,9-12,14H2,1-4H3;4-8,10-11,13H,1-3,9,12H2;1H. The van der Waals surface area contributed by atoms with Gasteiger partial charge in [-0.1, -0.05) is 78.6 Å². The zero-order valence-electron chi connectivity index (χ0n) is 66.5. The van der Waals surface area contributed by atoms with Crippen LogP contribution in [0.2, 0.25) is 10.0 Å².